The molecule has 0 N–H and O–H groups in total. The second kappa shape index (κ2) is 8.59. The summed E-state index contributed by atoms with van der Waals surface area (Å²) in [6, 6.07) is 11.8. The highest BCUT2D eigenvalue weighted by Gasteiger charge is 2.21. The van der Waals surface area contributed by atoms with Crippen LogP contribution in [0.3, 0.4) is 0 Å². The van der Waals surface area contributed by atoms with Crippen molar-refractivity contribution < 1.29 is 4.79 Å². The fraction of sp³-hybridized carbons (Fsp3) is 0.421. The molecule has 1 aromatic carbocycles. The third-order valence-corrected chi connectivity index (χ3v) is 4.37. The molecule has 0 aliphatic carbocycles. The number of hydrogen-bond acceptors (Lipinski definition) is 1. The van der Waals surface area contributed by atoms with Gasteiger partial charge in [-0.1, -0.05) is 43.6 Å². The molecule has 0 spiro atoms. The SMILES string of the molecule is CC(C)CN(Cc1cccn1Cc1ccccc1Cl)C(=O)[C@H](C)Cl. The molecule has 2 aromatic rings. The van der Waals surface area contributed by atoms with E-state index in [9.17, 15) is 4.79 Å². The van der Waals surface area contributed by atoms with Gasteiger partial charge in [-0.3, -0.25) is 4.79 Å². The molecule has 0 aliphatic rings. The average Bonchev–Trinajstić information content (AvgIpc) is 2.94. The average molecular weight is 367 g/mol. The van der Waals surface area contributed by atoms with Crippen molar-refractivity contribution in [1.82, 2.24) is 9.47 Å². The molecule has 5 heteroatoms. The Morgan fingerprint density at radius 2 is 1.88 bits per heavy atom. The van der Waals surface area contributed by atoms with E-state index in [1.54, 1.807) is 6.92 Å². The van der Waals surface area contributed by atoms with Crippen molar-refractivity contribution >= 4 is 29.1 Å². The number of hydrogen-bond donors (Lipinski definition) is 0. The zero-order valence-electron chi connectivity index (χ0n) is 14.4. The lowest BCUT2D eigenvalue weighted by molar-refractivity contribution is -0.131. The van der Waals surface area contributed by atoms with Gasteiger partial charge >= 0.3 is 0 Å². The molecule has 0 fully saturated rings. The predicted octanol–water partition coefficient (Wildman–Crippen LogP) is 4.80. The highest BCUT2D eigenvalue weighted by atomic mass is 35.5. The molecule has 1 heterocycles. The molecule has 0 aliphatic heterocycles. The van der Waals surface area contributed by atoms with Gasteiger partial charge in [0, 0.05) is 30.0 Å². The topological polar surface area (TPSA) is 25.2 Å². The van der Waals surface area contributed by atoms with Gasteiger partial charge in [0.05, 0.1) is 6.54 Å². The van der Waals surface area contributed by atoms with Crippen molar-refractivity contribution in [2.75, 3.05) is 6.54 Å². The molecule has 0 unspecified atom stereocenters. The maximum absolute atomic E-state index is 12.4. The minimum absolute atomic E-state index is 0.0316. The summed E-state index contributed by atoms with van der Waals surface area (Å²) in [4.78, 5) is 14.2. The Kier molecular flexibility index (Phi) is 6.76. The number of alkyl halides is 1. The molecular weight excluding hydrogens is 343 g/mol. The fourth-order valence-corrected chi connectivity index (χ4v) is 3.01. The summed E-state index contributed by atoms with van der Waals surface area (Å²) in [5.41, 5.74) is 2.13. The van der Waals surface area contributed by atoms with Crippen LogP contribution in [0.15, 0.2) is 42.6 Å². The Balaban J connectivity index is 2.18. The molecule has 1 aromatic heterocycles. The van der Waals surface area contributed by atoms with E-state index in [1.807, 2.05) is 47.5 Å². The Labute approximate surface area is 154 Å². The lowest BCUT2D eigenvalue weighted by Crippen LogP contribution is -2.38. The molecule has 3 nitrogen and oxygen atoms in total. The molecule has 2 rings (SSSR count). The van der Waals surface area contributed by atoms with Gasteiger partial charge in [0.1, 0.15) is 5.38 Å². The summed E-state index contributed by atoms with van der Waals surface area (Å²) in [7, 11) is 0. The summed E-state index contributed by atoms with van der Waals surface area (Å²) in [5.74, 6) is 0.354. The van der Waals surface area contributed by atoms with Crippen LogP contribution in [0.2, 0.25) is 5.02 Å². The van der Waals surface area contributed by atoms with E-state index in [4.69, 9.17) is 23.2 Å². The first-order chi connectivity index (χ1) is 11.4. The smallest absolute Gasteiger partial charge is 0.240 e. The van der Waals surface area contributed by atoms with E-state index >= 15 is 0 Å². The lowest BCUT2D eigenvalue weighted by Gasteiger charge is -2.26. The van der Waals surface area contributed by atoms with Crippen molar-refractivity contribution in [2.45, 2.75) is 39.2 Å². The van der Waals surface area contributed by atoms with Crippen molar-refractivity contribution in [1.29, 1.82) is 0 Å². The first-order valence-electron chi connectivity index (χ1n) is 8.18. The number of benzene rings is 1. The van der Waals surface area contributed by atoms with Gasteiger partial charge in [-0.2, -0.15) is 0 Å². The quantitative estimate of drug-likeness (QED) is 0.645. The van der Waals surface area contributed by atoms with Gasteiger partial charge in [0.15, 0.2) is 0 Å². The first kappa shape index (κ1) is 18.9. The molecule has 24 heavy (non-hydrogen) atoms. The largest absolute Gasteiger partial charge is 0.345 e. The van der Waals surface area contributed by atoms with Gasteiger partial charge in [0.2, 0.25) is 5.91 Å². The van der Waals surface area contributed by atoms with Gasteiger partial charge in [-0.25, -0.2) is 0 Å². The van der Waals surface area contributed by atoms with Crippen LogP contribution in [-0.2, 0) is 17.9 Å². The van der Waals surface area contributed by atoms with E-state index < -0.39 is 5.38 Å². The number of carbonyl (C=O) groups is 1. The monoisotopic (exact) mass is 366 g/mol. The fourth-order valence-electron chi connectivity index (χ4n) is 2.68. The van der Waals surface area contributed by atoms with Crippen LogP contribution in [0.25, 0.3) is 0 Å². The predicted molar refractivity (Wildman–Crippen MR) is 101 cm³/mol. The van der Waals surface area contributed by atoms with Crippen LogP contribution in [-0.4, -0.2) is 27.3 Å². The number of carbonyl (C=O) groups excluding carboxylic acids is 1. The first-order valence-corrected chi connectivity index (χ1v) is 9.00. The lowest BCUT2D eigenvalue weighted by atomic mass is 10.2. The molecule has 130 valence electrons. The Morgan fingerprint density at radius 3 is 2.50 bits per heavy atom. The third-order valence-electron chi connectivity index (χ3n) is 3.81. The molecular formula is C19H24Cl2N2O. The minimum Gasteiger partial charge on any atom is -0.345 e. The van der Waals surface area contributed by atoms with Crippen molar-refractivity contribution in [2.24, 2.45) is 5.92 Å². The van der Waals surface area contributed by atoms with E-state index in [0.717, 1.165) is 16.3 Å². The number of rotatable bonds is 7. The number of halogens is 2. The molecule has 1 atom stereocenters. The molecule has 0 bridgehead atoms. The number of nitrogens with zero attached hydrogens (tertiary/aromatic N) is 2. The summed E-state index contributed by atoms with van der Waals surface area (Å²) in [5, 5.41) is 0.234. The van der Waals surface area contributed by atoms with Gasteiger partial charge in [-0.05, 0) is 36.6 Å². The molecule has 0 radical (unpaired) electrons. The Morgan fingerprint density at radius 1 is 1.17 bits per heavy atom. The minimum atomic E-state index is -0.518. The third kappa shape index (κ3) is 5.02. The van der Waals surface area contributed by atoms with Crippen LogP contribution in [0.4, 0.5) is 0 Å². The summed E-state index contributed by atoms with van der Waals surface area (Å²) >= 11 is 12.3. The van der Waals surface area contributed by atoms with Crippen LogP contribution < -0.4 is 0 Å². The maximum atomic E-state index is 12.4. The highest BCUT2D eigenvalue weighted by molar-refractivity contribution is 6.31. The second-order valence-electron chi connectivity index (χ2n) is 6.45. The zero-order chi connectivity index (χ0) is 17.7. The van der Waals surface area contributed by atoms with Gasteiger partial charge in [0.25, 0.3) is 0 Å². The standard InChI is InChI=1S/C19H24Cl2N2O/c1-14(2)11-23(19(24)15(3)20)13-17-8-6-10-22(17)12-16-7-4-5-9-18(16)21/h4-10,14-15H,11-13H2,1-3H3/t15-/m0/s1. The Bertz CT molecular complexity index is 680. The van der Waals surface area contributed by atoms with Crippen molar-refractivity contribution in [3.63, 3.8) is 0 Å². The summed E-state index contributed by atoms with van der Waals surface area (Å²) in [6.07, 6.45) is 2.01. The highest BCUT2D eigenvalue weighted by Crippen LogP contribution is 2.19. The van der Waals surface area contributed by atoms with E-state index in [-0.39, 0.29) is 5.91 Å². The van der Waals surface area contributed by atoms with Crippen LogP contribution in [0.1, 0.15) is 32.0 Å². The van der Waals surface area contributed by atoms with Crippen LogP contribution in [0.5, 0.6) is 0 Å². The number of aromatic nitrogens is 1. The summed E-state index contributed by atoms with van der Waals surface area (Å²) < 4.78 is 2.13. The molecule has 1 amide bonds. The van der Waals surface area contributed by atoms with Crippen molar-refractivity contribution in [3.8, 4) is 0 Å². The Hall–Kier alpha value is -1.45. The molecule has 0 saturated heterocycles. The zero-order valence-corrected chi connectivity index (χ0v) is 15.9. The normalized spacial score (nSPS) is 12.4. The summed E-state index contributed by atoms with van der Waals surface area (Å²) in [6.45, 7) is 7.84. The van der Waals surface area contributed by atoms with Crippen molar-refractivity contribution in [3.05, 3.63) is 58.9 Å². The number of amides is 1. The van der Waals surface area contributed by atoms with E-state index in [1.165, 1.54) is 0 Å². The van der Waals surface area contributed by atoms with Crippen LogP contribution in [0, 0.1) is 5.92 Å². The van der Waals surface area contributed by atoms with Crippen LogP contribution >= 0.6 is 23.2 Å². The van der Waals surface area contributed by atoms with Gasteiger partial charge in [-0.15, -0.1) is 11.6 Å². The van der Waals surface area contributed by atoms with E-state index in [0.29, 0.717) is 25.6 Å². The van der Waals surface area contributed by atoms with E-state index in [2.05, 4.69) is 18.4 Å². The molecule has 0 saturated carbocycles. The maximum Gasteiger partial charge on any atom is 0.240 e. The second-order valence-corrected chi connectivity index (χ2v) is 7.51. The van der Waals surface area contributed by atoms with Gasteiger partial charge < -0.3 is 9.47 Å².